The molecule has 0 bridgehead atoms. The molecule has 3 rings (SSSR count). The van der Waals surface area contributed by atoms with E-state index in [1.807, 2.05) is 18.2 Å². The molecule has 2 N–H and O–H groups in total. The van der Waals surface area contributed by atoms with Crippen LogP contribution in [0, 0.1) is 0 Å². The van der Waals surface area contributed by atoms with Crippen LogP contribution in [0.1, 0.15) is 25.5 Å². The van der Waals surface area contributed by atoms with Crippen molar-refractivity contribution in [2.24, 2.45) is 0 Å². The number of carbonyl (C=O) groups is 1. The van der Waals surface area contributed by atoms with Gasteiger partial charge in [0.15, 0.2) is 0 Å². The maximum atomic E-state index is 11.0. The summed E-state index contributed by atoms with van der Waals surface area (Å²) in [4.78, 5) is 14.2. The van der Waals surface area contributed by atoms with Gasteiger partial charge in [-0.25, -0.2) is 0 Å². The molecule has 2 heterocycles. The van der Waals surface area contributed by atoms with E-state index in [1.54, 1.807) is 0 Å². The van der Waals surface area contributed by atoms with Crippen molar-refractivity contribution in [3.05, 3.63) is 28.9 Å². The first-order valence-corrected chi connectivity index (χ1v) is 7.79. The van der Waals surface area contributed by atoms with Crippen molar-refractivity contribution in [2.45, 2.75) is 32.4 Å². The molecular formula is C16H19ClN2O3. The van der Waals surface area contributed by atoms with Gasteiger partial charge >= 0.3 is 0 Å². The van der Waals surface area contributed by atoms with Gasteiger partial charge < -0.3 is 19.8 Å². The number of rotatable bonds is 5. The zero-order valence-electron chi connectivity index (χ0n) is 12.4. The van der Waals surface area contributed by atoms with Crippen LogP contribution in [0.2, 0.25) is 5.02 Å². The first-order chi connectivity index (χ1) is 10.6. The topological polar surface area (TPSA) is 63.4 Å². The molecule has 0 radical (unpaired) electrons. The number of nitrogens with one attached hydrogen (secondary N) is 2. The van der Waals surface area contributed by atoms with Gasteiger partial charge in [0, 0.05) is 36.2 Å². The first kappa shape index (κ1) is 15.2. The highest BCUT2D eigenvalue weighted by Crippen LogP contribution is 2.31. The summed E-state index contributed by atoms with van der Waals surface area (Å²) in [5, 5.41) is 4.34. The lowest BCUT2D eigenvalue weighted by molar-refractivity contribution is -0.119. The molecule has 1 unspecified atom stereocenters. The van der Waals surface area contributed by atoms with Crippen molar-refractivity contribution >= 4 is 28.4 Å². The second kappa shape index (κ2) is 6.58. The summed E-state index contributed by atoms with van der Waals surface area (Å²) in [5.74, 6) is 0.592. The second-order valence-corrected chi connectivity index (χ2v) is 5.93. The van der Waals surface area contributed by atoms with Crippen LogP contribution in [0.5, 0.6) is 5.75 Å². The molecule has 1 saturated heterocycles. The fraction of sp³-hybridized carbons (Fsp3) is 0.438. The number of H-pyrrole nitrogens is 1. The minimum Gasteiger partial charge on any atom is -0.489 e. The number of ether oxygens (including phenoxy) is 2. The van der Waals surface area contributed by atoms with Crippen molar-refractivity contribution in [3.63, 3.8) is 0 Å². The molecule has 118 valence electrons. The summed E-state index contributed by atoms with van der Waals surface area (Å²) in [5.41, 5.74) is 1.87. The number of fused-ring (bicyclic) bond motifs is 1. The lowest BCUT2D eigenvalue weighted by Crippen LogP contribution is -2.18. The van der Waals surface area contributed by atoms with Crippen LogP contribution >= 0.6 is 11.6 Å². The third-order valence-electron chi connectivity index (χ3n) is 3.71. The summed E-state index contributed by atoms with van der Waals surface area (Å²) in [6, 6.07) is 5.74. The van der Waals surface area contributed by atoms with Gasteiger partial charge in [0.25, 0.3) is 0 Å². The zero-order chi connectivity index (χ0) is 15.5. The molecule has 0 saturated carbocycles. The van der Waals surface area contributed by atoms with Gasteiger partial charge in [0.05, 0.1) is 17.7 Å². The van der Waals surface area contributed by atoms with E-state index in [2.05, 4.69) is 10.3 Å². The monoisotopic (exact) mass is 322 g/mol. The molecule has 2 aromatic rings. The molecule has 1 atom stereocenters. The maximum Gasteiger partial charge on any atom is 0.217 e. The van der Waals surface area contributed by atoms with Gasteiger partial charge in [0.2, 0.25) is 5.91 Å². The Hall–Kier alpha value is -1.72. The Morgan fingerprint density at radius 2 is 2.36 bits per heavy atom. The predicted octanol–water partition coefficient (Wildman–Crippen LogP) is 3.02. The van der Waals surface area contributed by atoms with E-state index in [1.165, 1.54) is 6.92 Å². The highest BCUT2D eigenvalue weighted by Gasteiger charge is 2.17. The van der Waals surface area contributed by atoms with Gasteiger partial charge in [0.1, 0.15) is 12.4 Å². The summed E-state index contributed by atoms with van der Waals surface area (Å²) < 4.78 is 11.3. The Bertz CT molecular complexity index is 677. The third-order valence-corrected chi connectivity index (χ3v) is 4.00. The summed E-state index contributed by atoms with van der Waals surface area (Å²) >= 11 is 6.28. The highest BCUT2D eigenvalue weighted by molar-refractivity contribution is 6.32. The van der Waals surface area contributed by atoms with Crippen LogP contribution in [0.4, 0.5) is 0 Å². The van der Waals surface area contributed by atoms with E-state index >= 15 is 0 Å². The number of aromatic nitrogens is 1. The second-order valence-electron chi connectivity index (χ2n) is 5.52. The fourth-order valence-electron chi connectivity index (χ4n) is 2.58. The molecule has 0 spiro atoms. The Balaban J connectivity index is 1.73. The molecule has 1 amide bonds. The Labute approximate surface area is 133 Å². The molecule has 22 heavy (non-hydrogen) atoms. The SMILES string of the molecule is CC(=O)NCc1cc2cc(Cl)c(OCC3CCCO3)cc2[nH]1. The van der Waals surface area contributed by atoms with Crippen LogP contribution in [-0.4, -0.2) is 30.2 Å². The zero-order valence-corrected chi connectivity index (χ0v) is 13.2. The van der Waals surface area contributed by atoms with E-state index < -0.39 is 0 Å². The van der Waals surface area contributed by atoms with E-state index in [4.69, 9.17) is 21.1 Å². The average Bonchev–Trinajstić information content (AvgIpc) is 3.11. The van der Waals surface area contributed by atoms with Gasteiger partial charge in [-0.3, -0.25) is 4.79 Å². The molecule has 1 aliphatic heterocycles. The number of halogens is 1. The lowest BCUT2D eigenvalue weighted by Gasteiger charge is -2.12. The summed E-state index contributed by atoms with van der Waals surface area (Å²) in [6.07, 6.45) is 2.28. The largest absolute Gasteiger partial charge is 0.489 e. The summed E-state index contributed by atoms with van der Waals surface area (Å²) in [6.45, 7) is 3.29. The van der Waals surface area contributed by atoms with Gasteiger partial charge in [-0.05, 0) is 25.0 Å². The highest BCUT2D eigenvalue weighted by atomic mass is 35.5. The molecule has 1 fully saturated rings. The minimum absolute atomic E-state index is 0.0581. The van der Waals surface area contributed by atoms with Crippen molar-refractivity contribution in [1.82, 2.24) is 10.3 Å². The molecule has 1 aromatic heterocycles. The van der Waals surface area contributed by atoms with Crippen LogP contribution < -0.4 is 10.1 Å². The fourth-order valence-corrected chi connectivity index (χ4v) is 2.80. The first-order valence-electron chi connectivity index (χ1n) is 7.42. The molecule has 0 aliphatic carbocycles. The van der Waals surface area contributed by atoms with Crippen LogP contribution in [0.25, 0.3) is 10.9 Å². The standard InChI is InChI=1S/C16H19ClN2O3/c1-10(20)18-8-12-5-11-6-14(17)16(7-15(11)19-12)22-9-13-3-2-4-21-13/h5-7,13,19H,2-4,8-9H2,1H3,(H,18,20). The Morgan fingerprint density at radius 3 is 3.09 bits per heavy atom. The van der Waals surface area contributed by atoms with E-state index in [0.717, 1.165) is 36.0 Å². The molecule has 6 heteroatoms. The van der Waals surface area contributed by atoms with Crippen molar-refractivity contribution in [2.75, 3.05) is 13.2 Å². The number of hydrogen-bond acceptors (Lipinski definition) is 3. The normalized spacial score (nSPS) is 17.8. The Morgan fingerprint density at radius 1 is 1.50 bits per heavy atom. The number of hydrogen-bond donors (Lipinski definition) is 2. The maximum absolute atomic E-state index is 11.0. The van der Waals surface area contributed by atoms with Crippen molar-refractivity contribution in [1.29, 1.82) is 0 Å². The minimum atomic E-state index is -0.0581. The third kappa shape index (κ3) is 3.54. The molecule has 1 aromatic carbocycles. The van der Waals surface area contributed by atoms with Crippen molar-refractivity contribution in [3.8, 4) is 5.75 Å². The smallest absolute Gasteiger partial charge is 0.217 e. The Kier molecular flexibility index (Phi) is 4.55. The van der Waals surface area contributed by atoms with Gasteiger partial charge in [-0.2, -0.15) is 0 Å². The number of aromatic amines is 1. The lowest BCUT2D eigenvalue weighted by atomic mass is 10.2. The molecular weight excluding hydrogens is 304 g/mol. The van der Waals surface area contributed by atoms with Crippen LogP contribution in [-0.2, 0) is 16.1 Å². The van der Waals surface area contributed by atoms with E-state index in [0.29, 0.717) is 23.9 Å². The van der Waals surface area contributed by atoms with Crippen molar-refractivity contribution < 1.29 is 14.3 Å². The average molecular weight is 323 g/mol. The van der Waals surface area contributed by atoms with E-state index in [9.17, 15) is 4.79 Å². The molecule has 5 nitrogen and oxygen atoms in total. The predicted molar refractivity (Wildman–Crippen MR) is 85.3 cm³/mol. The number of carbonyl (C=O) groups excluding carboxylic acids is 1. The van der Waals surface area contributed by atoms with Crippen LogP contribution in [0.15, 0.2) is 18.2 Å². The summed E-state index contributed by atoms with van der Waals surface area (Å²) in [7, 11) is 0. The van der Waals surface area contributed by atoms with Gasteiger partial charge in [-0.1, -0.05) is 11.6 Å². The molecule has 1 aliphatic rings. The van der Waals surface area contributed by atoms with Crippen LogP contribution in [0.3, 0.4) is 0 Å². The number of amides is 1. The quantitative estimate of drug-likeness (QED) is 0.889. The van der Waals surface area contributed by atoms with Gasteiger partial charge in [-0.15, -0.1) is 0 Å². The number of benzene rings is 1. The van der Waals surface area contributed by atoms with E-state index in [-0.39, 0.29) is 12.0 Å².